The lowest BCUT2D eigenvalue weighted by Gasteiger charge is -2.15. The maximum Gasteiger partial charge on any atom is 0.530 e. The summed E-state index contributed by atoms with van der Waals surface area (Å²) in [6, 6.07) is 11.4. The number of fused-ring (bicyclic) bond motifs is 1. The molecule has 4 nitrogen and oxygen atoms in total. The van der Waals surface area contributed by atoms with Crippen molar-refractivity contribution in [2.75, 3.05) is 0 Å². The van der Waals surface area contributed by atoms with Crippen LogP contribution >= 0.6 is 7.82 Å². The van der Waals surface area contributed by atoms with Gasteiger partial charge in [0.1, 0.15) is 5.75 Å². The van der Waals surface area contributed by atoms with Gasteiger partial charge in [0.2, 0.25) is 0 Å². The van der Waals surface area contributed by atoms with Crippen molar-refractivity contribution in [3.8, 4) is 5.75 Å². The number of hydrogen-bond donors (Lipinski definition) is 0. The van der Waals surface area contributed by atoms with Crippen molar-refractivity contribution in [1.29, 1.82) is 0 Å². The van der Waals surface area contributed by atoms with Crippen molar-refractivity contribution in [2.45, 2.75) is 34.0 Å². The van der Waals surface area contributed by atoms with Gasteiger partial charge in [0.25, 0.3) is 0 Å². The fourth-order valence-corrected chi connectivity index (χ4v) is 3.47. The van der Waals surface area contributed by atoms with Crippen LogP contribution in [0.5, 0.6) is 5.75 Å². The molecule has 22 heavy (non-hydrogen) atoms. The molecule has 1 heterocycles. The molecular formula is C17H19O4P. The largest absolute Gasteiger partial charge is 0.530 e. The molecule has 5 heteroatoms. The van der Waals surface area contributed by atoms with Crippen LogP contribution < -0.4 is 4.52 Å². The van der Waals surface area contributed by atoms with E-state index < -0.39 is 7.82 Å². The van der Waals surface area contributed by atoms with Gasteiger partial charge < -0.3 is 4.52 Å². The summed E-state index contributed by atoms with van der Waals surface area (Å²) < 4.78 is 29.1. The minimum absolute atomic E-state index is 0.222. The molecule has 0 fully saturated rings. The molecule has 0 saturated heterocycles. The first-order valence-electron chi connectivity index (χ1n) is 7.19. The molecule has 2 aromatic rings. The number of phosphoric acid groups is 1. The van der Waals surface area contributed by atoms with Gasteiger partial charge in [-0.15, -0.1) is 0 Å². The molecule has 2 aromatic carbocycles. The maximum absolute atomic E-state index is 12.7. The van der Waals surface area contributed by atoms with Crippen molar-refractivity contribution in [3.05, 3.63) is 64.2 Å². The molecule has 0 amide bonds. The smallest absolute Gasteiger partial charge is 0.404 e. The predicted molar refractivity (Wildman–Crippen MR) is 84.9 cm³/mol. The Balaban J connectivity index is 1.80. The van der Waals surface area contributed by atoms with E-state index in [-0.39, 0.29) is 13.2 Å². The van der Waals surface area contributed by atoms with Crippen molar-refractivity contribution in [1.82, 2.24) is 0 Å². The van der Waals surface area contributed by atoms with Gasteiger partial charge in [-0.1, -0.05) is 29.8 Å². The van der Waals surface area contributed by atoms with E-state index in [2.05, 4.69) is 12.1 Å². The highest BCUT2D eigenvalue weighted by Gasteiger charge is 2.32. The molecule has 0 aliphatic carbocycles. The molecular weight excluding hydrogens is 299 g/mol. The first-order chi connectivity index (χ1) is 10.5. The summed E-state index contributed by atoms with van der Waals surface area (Å²) in [5, 5.41) is 0. The van der Waals surface area contributed by atoms with Crippen molar-refractivity contribution < 1.29 is 18.1 Å². The van der Waals surface area contributed by atoms with E-state index in [4.69, 9.17) is 13.6 Å². The van der Waals surface area contributed by atoms with Crippen molar-refractivity contribution >= 4 is 7.82 Å². The molecule has 0 spiro atoms. The van der Waals surface area contributed by atoms with Gasteiger partial charge in [-0.05, 0) is 55.2 Å². The van der Waals surface area contributed by atoms with Crippen LogP contribution in [0, 0.1) is 20.8 Å². The van der Waals surface area contributed by atoms with Gasteiger partial charge in [0.15, 0.2) is 0 Å². The van der Waals surface area contributed by atoms with Crippen LogP contribution in [0.4, 0.5) is 0 Å². The Hall–Kier alpha value is -1.61. The third-order valence-corrected chi connectivity index (χ3v) is 5.14. The lowest BCUT2D eigenvalue weighted by Crippen LogP contribution is -1.99. The van der Waals surface area contributed by atoms with E-state index in [0.717, 1.165) is 16.7 Å². The minimum Gasteiger partial charge on any atom is -0.404 e. The normalized spacial score (nSPS) is 16.7. The molecule has 0 atom stereocenters. The summed E-state index contributed by atoms with van der Waals surface area (Å²) in [6.07, 6.45) is 0. The molecule has 0 saturated carbocycles. The quantitative estimate of drug-likeness (QED) is 0.743. The van der Waals surface area contributed by atoms with E-state index in [0.29, 0.717) is 5.75 Å². The van der Waals surface area contributed by atoms with E-state index in [1.165, 1.54) is 11.1 Å². The Kier molecular flexibility index (Phi) is 4.09. The first kappa shape index (κ1) is 15.3. The summed E-state index contributed by atoms with van der Waals surface area (Å²) in [4.78, 5) is 0. The summed E-state index contributed by atoms with van der Waals surface area (Å²) in [5.74, 6) is 0.479. The first-order valence-corrected chi connectivity index (χ1v) is 8.66. The molecule has 0 bridgehead atoms. The zero-order valence-electron chi connectivity index (χ0n) is 13.0. The fraction of sp³-hybridized carbons (Fsp3) is 0.294. The molecule has 116 valence electrons. The van der Waals surface area contributed by atoms with Crippen LogP contribution in [-0.2, 0) is 26.8 Å². The topological polar surface area (TPSA) is 44.8 Å². The molecule has 3 rings (SSSR count). The van der Waals surface area contributed by atoms with Crippen LogP contribution in [-0.4, -0.2) is 0 Å². The summed E-state index contributed by atoms with van der Waals surface area (Å²) in [6.45, 7) is 6.51. The molecule has 1 aliphatic heterocycles. The van der Waals surface area contributed by atoms with E-state index in [1.54, 1.807) is 12.1 Å². The Bertz CT molecular complexity index is 700. The van der Waals surface area contributed by atoms with Gasteiger partial charge in [-0.3, -0.25) is 9.05 Å². The number of benzene rings is 2. The zero-order chi connectivity index (χ0) is 15.7. The number of hydrogen-bond acceptors (Lipinski definition) is 4. The van der Waals surface area contributed by atoms with Crippen molar-refractivity contribution in [2.24, 2.45) is 0 Å². The monoisotopic (exact) mass is 318 g/mol. The van der Waals surface area contributed by atoms with Crippen molar-refractivity contribution in [3.63, 3.8) is 0 Å². The second kappa shape index (κ2) is 5.88. The average molecular weight is 318 g/mol. The summed E-state index contributed by atoms with van der Waals surface area (Å²) in [7, 11) is -3.61. The van der Waals surface area contributed by atoms with E-state index >= 15 is 0 Å². The minimum atomic E-state index is -3.61. The molecule has 0 radical (unpaired) electrons. The Morgan fingerprint density at radius 3 is 1.91 bits per heavy atom. The van der Waals surface area contributed by atoms with Crippen LogP contribution in [0.25, 0.3) is 0 Å². The fourth-order valence-electron chi connectivity index (χ4n) is 2.32. The van der Waals surface area contributed by atoms with Crippen LogP contribution in [0.2, 0.25) is 0 Å². The maximum atomic E-state index is 12.7. The van der Waals surface area contributed by atoms with Gasteiger partial charge >= 0.3 is 7.82 Å². The average Bonchev–Trinajstić information content (AvgIpc) is 2.63. The van der Waals surface area contributed by atoms with E-state index in [9.17, 15) is 4.57 Å². The molecule has 0 N–H and O–H groups in total. The van der Waals surface area contributed by atoms with Gasteiger partial charge in [0, 0.05) is 0 Å². The molecule has 0 unspecified atom stereocenters. The van der Waals surface area contributed by atoms with Crippen LogP contribution in [0.3, 0.4) is 0 Å². The number of phosphoric ester groups is 1. The summed E-state index contributed by atoms with van der Waals surface area (Å²) >= 11 is 0. The molecule has 1 aliphatic rings. The number of aryl methyl sites for hydroxylation is 3. The lowest BCUT2D eigenvalue weighted by atomic mass is 10.0. The second-order valence-electron chi connectivity index (χ2n) is 5.60. The van der Waals surface area contributed by atoms with E-state index in [1.807, 2.05) is 32.9 Å². The third-order valence-electron chi connectivity index (χ3n) is 3.81. The summed E-state index contributed by atoms with van der Waals surface area (Å²) in [5.41, 5.74) is 5.45. The lowest BCUT2D eigenvalue weighted by molar-refractivity contribution is 0.155. The molecule has 0 aromatic heterocycles. The van der Waals surface area contributed by atoms with Gasteiger partial charge in [0.05, 0.1) is 13.2 Å². The van der Waals surface area contributed by atoms with Crippen LogP contribution in [0.1, 0.15) is 27.8 Å². The predicted octanol–water partition coefficient (Wildman–Crippen LogP) is 4.85. The SMILES string of the molecule is Cc1ccc(OP2(=O)OCc3cc(C)c(C)cc3CO2)cc1. The van der Waals surface area contributed by atoms with Crippen LogP contribution in [0.15, 0.2) is 36.4 Å². The Morgan fingerprint density at radius 2 is 1.41 bits per heavy atom. The third kappa shape index (κ3) is 3.25. The highest BCUT2D eigenvalue weighted by Crippen LogP contribution is 2.52. The van der Waals surface area contributed by atoms with Gasteiger partial charge in [-0.25, -0.2) is 4.57 Å². The second-order valence-corrected chi connectivity index (χ2v) is 7.20. The standard InChI is InChI=1S/C17H19O4P/c1-12-4-6-17(7-5-12)21-22(18)19-10-15-8-13(2)14(3)9-16(15)11-20-22/h4-9H,10-11H2,1-3H3. The Morgan fingerprint density at radius 1 is 0.909 bits per heavy atom. The highest BCUT2D eigenvalue weighted by molar-refractivity contribution is 7.48. The highest BCUT2D eigenvalue weighted by atomic mass is 31.2. The Labute approximate surface area is 130 Å². The number of rotatable bonds is 2. The zero-order valence-corrected chi connectivity index (χ0v) is 13.9. The van der Waals surface area contributed by atoms with Gasteiger partial charge in [-0.2, -0.15) is 0 Å².